The number of piperidine rings is 1. The van der Waals surface area contributed by atoms with Gasteiger partial charge in [-0.3, -0.25) is 14.7 Å². The minimum Gasteiger partial charge on any atom is -0.444 e. The predicted molar refractivity (Wildman–Crippen MR) is 114 cm³/mol. The van der Waals surface area contributed by atoms with Crippen LogP contribution in [0.5, 0.6) is 0 Å². The monoisotopic (exact) mass is 398 g/mol. The number of aromatic nitrogens is 1. The molecule has 1 aromatic heterocycles. The lowest BCUT2D eigenvalue weighted by Gasteiger charge is -2.32. The lowest BCUT2D eigenvalue weighted by Crippen LogP contribution is -2.49. The van der Waals surface area contributed by atoms with Gasteiger partial charge in [0.05, 0.1) is 18.8 Å². The average Bonchev–Trinajstić information content (AvgIpc) is 3.21. The second kappa shape index (κ2) is 10.1. The van der Waals surface area contributed by atoms with Crippen molar-refractivity contribution >= 4 is 11.9 Å². The van der Waals surface area contributed by atoms with E-state index in [1.807, 2.05) is 24.3 Å². The van der Waals surface area contributed by atoms with Crippen molar-refractivity contribution in [1.29, 1.82) is 0 Å². The van der Waals surface area contributed by atoms with Crippen LogP contribution < -0.4 is 16.0 Å². The van der Waals surface area contributed by atoms with Crippen LogP contribution in [0.4, 0.5) is 0 Å². The summed E-state index contributed by atoms with van der Waals surface area (Å²) in [4.78, 5) is 22.5. The molecule has 1 aliphatic rings. The summed E-state index contributed by atoms with van der Waals surface area (Å²) in [5, 5.41) is 9.43. The first-order valence-electron chi connectivity index (χ1n) is 9.99. The molecule has 0 saturated carbocycles. The van der Waals surface area contributed by atoms with Crippen LogP contribution in [0.2, 0.25) is 0 Å². The molecule has 8 heteroatoms. The quantitative estimate of drug-likeness (QED) is 0.505. The molecule has 1 aliphatic heterocycles. The van der Waals surface area contributed by atoms with E-state index < -0.39 is 0 Å². The molecule has 1 saturated heterocycles. The van der Waals surface area contributed by atoms with E-state index in [1.165, 1.54) is 5.56 Å². The van der Waals surface area contributed by atoms with Crippen molar-refractivity contribution in [2.75, 3.05) is 33.7 Å². The number of benzene rings is 1. The molecule has 0 radical (unpaired) electrons. The summed E-state index contributed by atoms with van der Waals surface area (Å²) in [5.41, 5.74) is 2.99. The number of aryl methyl sites for hydroxylation is 1. The van der Waals surface area contributed by atoms with Gasteiger partial charge in [-0.05, 0) is 31.9 Å². The Morgan fingerprint density at radius 2 is 2.00 bits per heavy atom. The summed E-state index contributed by atoms with van der Waals surface area (Å²) < 4.78 is 5.61. The zero-order valence-corrected chi connectivity index (χ0v) is 17.4. The van der Waals surface area contributed by atoms with Crippen molar-refractivity contribution in [2.24, 2.45) is 4.99 Å². The highest BCUT2D eigenvalue weighted by molar-refractivity contribution is 5.80. The van der Waals surface area contributed by atoms with Crippen LogP contribution in [0, 0.1) is 6.92 Å². The number of rotatable bonds is 6. The summed E-state index contributed by atoms with van der Waals surface area (Å²) in [6.45, 7) is 4.84. The van der Waals surface area contributed by atoms with Gasteiger partial charge in [-0.2, -0.15) is 0 Å². The van der Waals surface area contributed by atoms with Gasteiger partial charge in [0, 0.05) is 38.8 Å². The van der Waals surface area contributed by atoms with Crippen LogP contribution >= 0.6 is 0 Å². The smallest absolute Gasteiger partial charge is 0.233 e. The molecule has 8 nitrogen and oxygen atoms in total. The third-order valence-corrected chi connectivity index (χ3v) is 5.09. The van der Waals surface area contributed by atoms with Crippen LogP contribution in [-0.4, -0.2) is 61.5 Å². The number of nitrogens with one attached hydrogen (secondary N) is 3. The number of hydrogen-bond acceptors (Lipinski definition) is 5. The van der Waals surface area contributed by atoms with E-state index in [1.54, 1.807) is 20.4 Å². The van der Waals surface area contributed by atoms with E-state index >= 15 is 0 Å². The Kier molecular flexibility index (Phi) is 7.24. The Morgan fingerprint density at radius 3 is 2.66 bits per heavy atom. The number of carbonyl (C=O) groups is 1. The maximum atomic E-state index is 11.5. The number of carbonyl (C=O) groups excluding carboxylic acids is 1. The van der Waals surface area contributed by atoms with Gasteiger partial charge in [0.1, 0.15) is 6.26 Å². The summed E-state index contributed by atoms with van der Waals surface area (Å²) in [6.07, 6.45) is 3.62. The molecule has 1 amide bonds. The highest BCUT2D eigenvalue weighted by Gasteiger charge is 2.21. The second-order valence-corrected chi connectivity index (χ2v) is 7.30. The third-order valence-electron chi connectivity index (χ3n) is 5.09. The fraction of sp³-hybridized carbons (Fsp3) is 0.476. The molecule has 0 bridgehead atoms. The van der Waals surface area contributed by atoms with Crippen molar-refractivity contribution in [3.05, 3.63) is 41.8 Å². The van der Waals surface area contributed by atoms with Gasteiger partial charge in [0.25, 0.3) is 0 Å². The highest BCUT2D eigenvalue weighted by atomic mass is 16.3. The Balaban J connectivity index is 1.45. The number of hydrogen-bond donors (Lipinski definition) is 3. The number of oxazole rings is 1. The second-order valence-electron chi connectivity index (χ2n) is 7.30. The molecule has 2 heterocycles. The van der Waals surface area contributed by atoms with Crippen LogP contribution in [0.15, 0.2) is 39.9 Å². The molecule has 1 fully saturated rings. The van der Waals surface area contributed by atoms with Gasteiger partial charge < -0.3 is 20.4 Å². The first-order valence-corrected chi connectivity index (χ1v) is 9.99. The average molecular weight is 399 g/mol. The van der Waals surface area contributed by atoms with Gasteiger partial charge in [-0.1, -0.05) is 17.7 Å². The van der Waals surface area contributed by atoms with Gasteiger partial charge in [-0.25, -0.2) is 4.98 Å². The van der Waals surface area contributed by atoms with E-state index in [4.69, 9.17) is 4.42 Å². The topological polar surface area (TPSA) is 94.8 Å². The zero-order valence-electron chi connectivity index (χ0n) is 17.4. The summed E-state index contributed by atoms with van der Waals surface area (Å²) in [7, 11) is 3.43. The molecule has 3 N–H and O–H groups in total. The molecule has 2 aromatic rings. The lowest BCUT2D eigenvalue weighted by atomic mass is 10.1. The van der Waals surface area contributed by atoms with Gasteiger partial charge in [-0.15, -0.1) is 0 Å². The number of nitrogens with zero attached hydrogens (tertiary/aromatic N) is 3. The minimum absolute atomic E-state index is 0.0616. The van der Waals surface area contributed by atoms with Crippen LogP contribution in [0.25, 0.3) is 11.5 Å². The molecule has 0 unspecified atom stereocenters. The molecule has 156 valence electrons. The number of amides is 1. The number of guanidine groups is 1. The molecular weight excluding hydrogens is 368 g/mol. The Bertz CT molecular complexity index is 822. The first-order chi connectivity index (χ1) is 14.1. The Hall–Kier alpha value is -2.87. The summed E-state index contributed by atoms with van der Waals surface area (Å²) >= 11 is 0. The van der Waals surface area contributed by atoms with Crippen LogP contribution in [0.1, 0.15) is 24.1 Å². The predicted octanol–water partition coefficient (Wildman–Crippen LogP) is 1.53. The van der Waals surface area contributed by atoms with E-state index in [9.17, 15) is 4.79 Å². The maximum absolute atomic E-state index is 11.5. The molecule has 0 aliphatic carbocycles. The standard InChI is InChI=1S/C21H30N6O2/c1-15-4-6-16(7-5-15)20-25-18(14-29-20)12-24-21(23-3)26-17-8-10-27(11-9-17)13-19(28)22-2/h4-7,14,17H,8-13H2,1-3H3,(H,22,28)(H2,23,24,26). The first kappa shape index (κ1) is 20.9. The van der Waals surface area contributed by atoms with Crippen LogP contribution in [-0.2, 0) is 11.3 Å². The van der Waals surface area contributed by atoms with Gasteiger partial charge in [0.2, 0.25) is 11.8 Å². The summed E-state index contributed by atoms with van der Waals surface area (Å²) in [5.74, 6) is 1.43. The number of likely N-dealkylation sites (N-methyl/N-ethyl adjacent to an activating group) is 1. The molecular formula is C21H30N6O2. The van der Waals surface area contributed by atoms with Gasteiger partial charge >= 0.3 is 0 Å². The fourth-order valence-electron chi connectivity index (χ4n) is 3.30. The van der Waals surface area contributed by atoms with Crippen molar-refractivity contribution < 1.29 is 9.21 Å². The van der Waals surface area contributed by atoms with Crippen molar-refractivity contribution in [3.8, 4) is 11.5 Å². The van der Waals surface area contributed by atoms with E-state index in [-0.39, 0.29) is 5.91 Å². The molecule has 0 atom stereocenters. The SMILES string of the molecule is CN=C(NCc1coc(-c2ccc(C)cc2)n1)NC1CCN(CC(=O)NC)CC1. The van der Waals surface area contributed by atoms with E-state index in [2.05, 4.69) is 37.8 Å². The number of likely N-dealkylation sites (tertiary alicyclic amines) is 1. The Morgan fingerprint density at radius 1 is 1.28 bits per heavy atom. The molecule has 1 aromatic carbocycles. The third kappa shape index (κ3) is 6.05. The van der Waals surface area contributed by atoms with E-state index in [0.29, 0.717) is 25.0 Å². The normalized spacial score (nSPS) is 15.9. The van der Waals surface area contributed by atoms with Crippen molar-refractivity contribution in [2.45, 2.75) is 32.4 Å². The molecule has 0 spiro atoms. The van der Waals surface area contributed by atoms with Crippen molar-refractivity contribution in [3.63, 3.8) is 0 Å². The highest BCUT2D eigenvalue weighted by Crippen LogP contribution is 2.19. The minimum atomic E-state index is 0.0616. The van der Waals surface area contributed by atoms with Crippen molar-refractivity contribution in [1.82, 2.24) is 25.8 Å². The Labute approximate surface area is 171 Å². The maximum Gasteiger partial charge on any atom is 0.233 e. The van der Waals surface area contributed by atoms with Gasteiger partial charge in [0.15, 0.2) is 5.96 Å². The van der Waals surface area contributed by atoms with E-state index in [0.717, 1.165) is 43.1 Å². The molecule has 3 rings (SSSR count). The lowest BCUT2D eigenvalue weighted by molar-refractivity contribution is -0.122. The largest absolute Gasteiger partial charge is 0.444 e. The van der Waals surface area contributed by atoms with Crippen LogP contribution in [0.3, 0.4) is 0 Å². The number of aliphatic imine (C=N–C) groups is 1. The zero-order chi connectivity index (χ0) is 20.6. The fourth-order valence-corrected chi connectivity index (χ4v) is 3.30. The molecule has 29 heavy (non-hydrogen) atoms. The summed E-state index contributed by atoms with van der Waals surface area (Å²) in [6, 6.07) is 8.44.